The van der Waals surface area contributed by atoms with Crippen molar-refractivity contribution in [1.82, 2.24) is 24.2 Å². The van der Waals surface area contributed by atoms with Crippen LogP contribution in [0, 0.1) is 4.77 Å². The maximum Gasteiger partial charge on any atom is 0.199 e. The predicted octanol–water partition coefficient (Wildman–Crippen LogP) is 5.18. The molecule has 0 radical (unpaired) electrons. The van der Waals surface area contributed by atoms with E-state index < -0.39 is 0 Å². The molecule has 2 heterocycles. The van der Waals surface area contributed by atoms with Crippen molar-refractivity contribution < 1.29 is 0 Å². The molecule has 0 saturated carbocycles. The molecule has 2 aromatic carbocycles. The molecule has 0 amide bonds. The van der Waals surface area contributed by atoms with E-state index in [9.17, 15) is 0 Å². The monoisotopic (exact) mass is 429 g/mol. The van der Waals surface area contributed by atoms with E-state index in [1.165, 1.54) is 16.7 Å². The highest BCUT2D eigenvalue weighted by atomic mass is 32.1. The minimum atomic E-state index is 0.614. The molecule has 0 atom stereocenters. The smallest absolute Gasteiger partial charge is 0.199 e. The van der Waals surface area contributed by atoms with Gasteiger partial charge >= 0.3 is 0 Å². The van der Waals surface area contributed by atoms with Crippen LogP contribution >= 0.6 is 12.2 Å². The molecule has 31 heavy (non-hydrogen) atoms. The zero-order valence-electron chi connectivity index (χ0n) is 18.0. The van der Waals surface area contributed by atoms with Gasteiger partial charge in [-0.1, -0.05) is 61.5 Å². The van der Waals surface area contributed by atoms with Gasteiger partial charge in [0.2, 0.25) is 0 Å². The predicted molar refractivity (Wildman–Crippen MR) is 127 cm³/mol. The summed E-state index contributed by atoms with van der Waals surface area (Å²) < 4.78 is 4.70. The summed E-state index contributed by atoms with van der Waals surface area (Å²) in [5.41, 5.74) is 4.78. The molecule has 158 valence electrons. The van der Waals surface area contributed by atoms with E-state index in [-0.39, 0.29) is 0 Å². The Morgan fingerprint density at radius 2 is 1.65 bits per heavy atom. The van der Waals surface area contributed by atoms with Gasteiger partial charge in [-0.2, -0.15) is 5.10 Å². The first kappa shape index (κ1) is 21.2. The molecule has 0 aliphatic heterocycles. The van der Waals surface area contributed by atoms with Crippen molar-refractivity contribution in [2.75, 3.05) is 7.05 Å². The molecular weight excluding hydrogens is 402 g/mol. The molecule has 5 nitrogen and oxygen atoms in total. The van der Waals surface area contributed by atoms with Gasteiger partial charge in [0.1, 0.15) is 0 Å². The summed E-state index contributed by atoms with van der Waals surface area (Å²) in [6, 6.07) is 23.1. The first-order chi connectivity index (χ1) is 15.1. The van der Waals surface area contributed by atoms with E-state index in [0.717, 1.165) is 24.4 Å². The summed E-state index contributed by atoms with van der Waals surface area (Å²) in [5.74, 6) is 0.836. The summed E-state index contributed by atoms with van der Waals surface area (Å²) in [4.78, 5) is 6.50. The molecule has 0 spiro atoms. The minimum Gasteiger partial charge on any atom is -0.295 e. The highest BCUT2D eigenvalue weighted by Crippen LogP contribution is 2.19. The van der Waals surface area contributed by atoms with Crippen LogP contribution in [0.2, 0.25) is 0 Å². The highest BCUT2D eigenvalue weighted by molar-refractivity contribution is 7.71. The highest BCUT2D eigenvalue weighted by Gasteiger charge is 2.15. The first-order valence-electron chi connectivity index (χ1n) is 10.5. The average Bonchev–Trinajstić information content (AvgIpc) is 3.10. The fraction of sp³-hybridized carbons (Fsp3) is 0.240. The lowest BCUT2D eigenvalue weighted by Gasteiger charge is -2.16. The molecule has 0 fully saturated rings. The molecule has 4 aromatic rings. The molecule has 0 aliphatic rings. The Morgan fingerprint density at radius 1 is 0.903 bits per heavy atom. The fourth-order valence-corrected chi connectivity index (χ4v) is 3.87. The van der Waals surface area contributed by atoms with Gasteiger partial charge in [0, 0.05) is 24.5 Å². The summed E-state index contributed by atoms with van der Waals surface area (Å²) in [7, 11) is 2.09. The molecule has 0 bridgehead atoms. The van der Waals surface area contributed by atoms with Crippen LogP contribution < -0.4 is 0 Å². The van der Waals surface area contributed by atoms with E-state index >= 15 is 0 Å². The Morgan fingerprint density at radius 3 is 2.32 bits per heavy atom. The van der Waals surface area contributed by atoms with E-state index in [1.807, 2.05) is 41.2 Å². The Hall–Kier alpha value is -3.09. The zero-order valence-corrected chi connectivity index (χ0v) is 18.8. The second-order valence-corrected chi connectivity index (χ2v) is 8.11. The molecule has 0 aliphatic carbocycles. The average molecular weight is 430 g/mol. The van der Waals surface area contributed by atoms with Crippen LogP contribution in [0.1, 0.15) is 23.6 Å². The topological polar surface area (TPSA) is 38.9 Å². The number of hydrogen-bond donors (Lipinski definition) is 0. The van der Waals surface area contributed by atoms with Gasteiger partial charge in [-0.3, -0.25) is 14.5 Å². The third-order valence-corrected chi connectivity index (χ3v) is 5.72. The first-order valence-corrected chi connectivity index (χ1v) is 10.9. The van der Waals surface area contributed by atoms with Crippen molar-refractivity contribution in [3.63, 3.8) is 0 Å². The van der Waals surface area contributed by atoms with E-state index in [2.05, 4.69) is 64.8 Å². The van der Waals surface area contributed by atoms with E-state index in [1.54, 1.807) is 6.20 Å². The van der Waals surface area contributed by atoms with Crippen LogP contribution in [0.4, 0.5) is 0 Å². The fourth-order valence-electron chi connectivity index (χ4n) is 3.62. The third-order valence-electron chi connectivity index (χ3n) is 5.29. The summed E-state index contributed by atoms with van der Waals surface area (Å²) in [5, 5.41) is 4.88. The number of rotatable bonds is 8. The van der Waals surface area contributed by atoms with Crippen molar-refractivity contribution in [1.29, 1.82) is 0 Å². The van der Waals surface area contributed by atoms with Crippen LogP contribution in [-0.4, -0.2) is 31.3 Å². The number of pyridine rings is 1. The molecular formula is C25H27N5S. The third kappa shape index (κ3) is 5.16. The Labute approximate surface area is 188 Å². The largest absolute Gasteiger partial charge is 0.295 e. The number of aromatic nitrogens is 4. The lowest BCUT2D eigenvalue weighted by atomic mass is 10.1. The van der Waals surface area contributed by atoms with Gasteiger partial charge in [-0.25, -0.2) is 4.68 Å². The molecule has 0 N–H and O–H groups in total. The lowest BCUT2D eigenvalue weighted by molar-refractivity contribution is 0.244. The van der Waals surface area contributed by atoms with Crippen LogP contribution in [-0.2, 0) is 26.2 Å². The van der Waals surface area contributed by atoms with Gasteiger partial charge in [0.15, 0.2) is 10.6 Å². The molecule has 6 heteroatoms. The molecule has 0 unspecified atom stereocenters. The van der Waals surface area contributed by atoms with Crippen molar-refractivity contribution in [3.8, 4) is 11.4 Å². The number of hydrogen-bond acceptors (Lipinski definition) is 4. The molecule has 0 saturated heterocycles. The summed E-state index contributed by atoms with van der Waals surface area (Å²) in [6.07, 6.45) is 4.66. The van der Waals surface area contributed by atoms with Gasteiger partial charge in [0.05, 0.1) is 13.2 Å². The van der Waals surface area contributed by atoms with Gasteiger partial charge < -0.3 is 0 Å². The number of benzene rings is 2. The Bertz CT molecular complexity index is 1160. The van der Waals surface area contributed by atoms with Gasteiger partial charge in [-0.15, -0.1) is 0 Å². The van der Waals surface area contributed by atoms with Crippen molar-refractivity contribution in [2.45, 2.75) is 33.1 Å². The minimum absolute atomic E-state index is 0.614. The molecule has 2 aromatic heterocycles. The maximum atomic E-state index is 5.84. The Balaban J connectivity index is 1.60. The van der Waals surface area contributed by atoms with Crippen LogP contribution in [0.5, 0.6) is 0 Å². The summed E-state index contributed by atoms with van der Waals surface area (Å²) in [6.45, 7) is 4.30. The van der Waals surface area contributed by atoms with Crippen LogP contribution in [0.15, 0.2) is 79.1 Å². The number of aryl methyl sites for hydroxylation is 1. The summed E-state index contributed by atoms with van der Waals surface area (Å²) >= 11 is 5.84. The van der Waals surface area contributed by atoms with Crippen molar-refractivity contribution in [3.05, 3.63) is 101 Å². The normalized spacial score (nSPS) is 11.2. The van der Waals surface area contributed by atoms with Crippen molar-refractivity contribution in [2.24, 2.45) is 0 Å². The Kier molecular flexibility index (Phi) is 6.70. The maximum absolute atomic E-state index is 5.84. The second kappa shape index (κ2) is 9.81. The van der Waals surface area contributed by atoms with Crippen LogP contribution in [0.3, 0.4) is 0 Å². The number of nitrogens with zero attached hydrogens (tertiary/aromatic N) is 5. The standard InChI is InChI=1S/C25H27N5S/c1-3-20-11-13-22(14-12-20)17-28(2)19-30-25(31)29(18-21-8-5-4-6-9-21)24(27-30)23-10-7-15-26-16-23/h4-16H,3,17-19H2,1-2H3. The van der Waals surface area contributed by atoms with Crippen LogP contribution in [0.25, 0.3) is 11.4 Å². The van der Waals surface area contributed by atoms with Crippen molar-refractivity contribution >= 4 is 12.2 Å². The quantitative estimate of drug-likeness (QED) is 0.362. The molecule has 4 rings (SSSR count). The van der Waals surface area contributed by atoms with Gasteiger partial charge in [-0.05, 0) is 54.5 Å². The van der Waals surface area contributed by atoms with E-state index in [4.69, 9.17) is 17.3 Å². The lowest BCUT2D eigenvalue weighted by Crippen LogP contribution is -2.22. The van der Waals surface area contributed by atoms with Gasteiger partial charge in [0.25, 0.3) is 0 Å². The van der Waals surface area contributed by atoms with E-state index in [0.29, 0.717) is 18.0 Å². The zero-order chi connectivity index (χ0) is 21.6. The second-order valence-electron chi connectivity index (χ2n) is 7.74. The SMILES string of the molecule is CCc1ccc(CN(C)Cn2nc(-c3cccnc3)n(Cc3ccccc3)c2=S)cc1.